The number of benzene rings is 1. The Balaban J connectivity index is 2.13. The van der Waals surface area contributed by atoms with Gasteiger partial charge in [0.1, 0.15) is 0 Å². The number of unbranched alkanes of at least 4 members (excludes halogenated alkanes) is 1. The Kier molecular flexibility index (Phi) is 4.78. The molecule has 2 rings (SSSR count). The van der Waals surface area contributed by atoms with Crippen LogP contribution < -0.4 is 5.73 Å². The van der Waals surface area contributed by atoms with Crippen molar-refractivity contribution in [1.29, 1.82) is 0 Å². The van der Waals surface area contributed by atoms with Crippen molar-refractivity contribution in [2.24, 2.45) is 5.73 Å². The van der Waals surface area contributed by atoms with Crippen LogP contribution in [-0.2, 0) is 6.42 Å². The van der Waals surface area contributed by atoms with Gasteiger partial charge in [-0.3, -0.25) is 0 Å². The SMILES string of the molecule is CCCCc1ccc(C(N)c2cc(C)c(C)s2)cc1. The van der Waals surface area contributed by atoms with Crippen molar-refractivity contribution in [3.8, 4) is 0 Å². The highest BCUT2D eigenvalue weighted by molar-refractivity contribution is 7.12. The molecule has 0 saturated heterocycles. The number of nitrogens with two attached hydrogens (primary N) is 1. The van der Waals surface area contributed by atoms with Crippen LogP contribution in [0.25, 0.3) is 0 Å². The molecule has 0 fully saturated rings. The number of hydrogen-bond donors (Lipinski definition) is 1. The zero-order valence-electron chi connectivity index (χ0n) is 12.1. The van der Waals surface area contributed by atoms with Crippen LogP contribution in [0.5, 0.6) is 0 Å². The van der Waals surface area contributed by atoms with Crippen LogP contribution in [0.2, 0.25) is 0 Å². The van der Waals surface area contributed by atoms with Crippen molar-refractivity contribution in [2.75, 3.05) is 0 Å². The first-order valence-corrected chi connectivity index (χ1v) is 7.84. The molecule has 102 valence electrons. The lowest BCUT2D eigenvalue weighted by Gasteiger charge is -2.11. The van der Waals surface area contributed by atoms with Crippen molar-refractivity contribution in [3.05, 3.63) is 56.8 Å². The topological polar surface area (TPSA) is 26.0 Å². The van der Waals surface area contributed by atoms with Crippen LogP contribution in [0.15, 0.2) is 30.3 Å². The molecule has 1 heterocycles. The van der Waals surface area contributed by atoms with Crippen LogP contribution in [-0.4, -0.2) is 0 Å². The molecule has 0 bridgehead atoms. The average Bonchev–Trinajstić information content (AvgIpc) is 2.76. The zero-order chi connectivity index (χ0) is 13.8. The monoisotopic (exact) mass is 273 g/mol. The lowest BCUT2D eigenvalue weighted by Crippen LogP contribution is -2.10. The Labute approximate surface area is 120 Å². The molecular formula is C17H23NS. The van der Waals surface area contributed by atoms with Gasteiger partial charge in [0.05, 0.1) is 6.04 Å². The summed E-state index contributed by atoms with van der Waals surface area (Å²) in [6.07, 6.45) is 3.67. The van der Waals surface area contributed by atoms with E-state index in [9.17, 15) is 0 Å². The van der Waals surface area contributed by atoms with Crippen molar-refractivity contribution in [1.82, 2.24) is 0 Å². The summed E-state index contributed by atoms with van der Waals surface area (Å²) in [6, 6.07) is 11.0. The number of thiophene rings is 1. The molecule has 0 saturated carbocycles. The minimum Gasteiger partial charge on any atom is -0.320 e. The summed E-state index contributed by atoms with van der Waals surface area (Å²) in [5.41, 5.74) is 10.3. The minimum absolute atomic E-state index is 0.0117. The van der Waals surface area contributed by atoms with Crippen LogP contribution in [0, 0.1) is 13.8 Å². The molecule has 0 radical (unpaired) electrons. The van der Waals surface area contributed by atoms with Gasteiger partial charge in [-0.25, -0.2) is 0 Å². The van der Waals surface area contributed by atoms with Crippen LogP contribution >= 0.6 is 11.3 Å². The summed E-state index contributed by atoms with van der Waals surface area (Å²) in [4.78, 5) is 2.63. The molecule has 0 aliphatic carbocycles. The zero-order valence-corrected chi connectivity index (χ0v) is 12.9. The lowest BCUT2D eigenvalue weighted by molar-refractivity contribution is 0.793. The van der Waals surface area contributed by atoms with Crippen molar-refractivity contribution >= 4 is 11.3 Å². The molecule has 2 heteroatoms. The summed E-state index contributed by atoms with van der Waals surface area (Å²) in [7, 11) is 0. The van der Waals surface area contributed by atoms with E-state index in [2.05, 4.69) is 51.1 Å². The summed E-state index contributed by atoms with van der Waals surface area (Å²) >= 11 is 1.81. The molecule has 19 heavy (non-hydrogen) atoms. The molecule has 0 aliphatic rings. The predicted octanol–water partition coefficient (Wildman–Crippen LogP) is 4.76. The normalized spacial score (nSPS) is 12.6. The van der Waals surface area contributed by atoms with Gasteiger partial charge in [-0.1, -0.05) is 37.6 Å². The van der Waals surface area contributed by atoms with Gasteiger partial charge in [-0.15, -0.1) is 11.3 Å². The fourth-order valence-corrected chi connectivity index (χ4v) is 3.26. The fraction of sp³-hybridized carbons (Fsp3) is 0.412. The number of hydrogen-bond acceptors (Lipinski definition) is 2. The highest BCUT2D eigenvalue weighted by Crippen LogP contribution is 2.29. The van der Waals surface area contributed by atoms with E-state index in [1.807, 2.05) is 11.3 Å². The Bertz CT molecular complexity index is 505. The van der Waals surface area contributed by atoms with E-state index in [0.29, 0.717) is 0 Å². The van der Waals surface area contributed by atoms with E-state index in [0.717, 1.165) is 0 Å². The summed E-state index contributed by atoms with van der Waals surface area (Å²) < 4.78 is 0. The molecule has 1 aromatic carbocycles. The largest absolute Gasteiger partial charge is 0.320 e. The molecule has 1 nitrogen and oxygen atoms in total. The molecule has 1 aromatic heterocycles. The first-order chi connectivity index (χ1) is 9.11. The maximum absolute atomic E-state index is 6.36. The van der Waals surface area contributed by atoms with E-state index in [1.165, 1.54) is 45.7 Å². The Morgan fingerprint density at radius 3 is 2.37 bits per heavy atom. The smallest absolute Gasteiger partial charge is 0.0646 e. The second-order valence-electron chi connectivity index (χ2n) is 5.21. The Morgan fingerprint density at radius 1 is 1.16 bits per heavy atom. The van der Waals surface area contributed by atoms with E-state index in [-0.39, 0.29) is 6.04 Å². The summed E-state index contributed by atoms with van der Waals surface area (Å²) in [5.74, 6) is 0. The highest BCUT2D eigenvalue weighted by Gasteiger charge is 2.12. The third kappa shape index (κ3) is 3.46. The van der Waals surface area contributed by atoms with Gasteiger partial charge < -0.3 is 5.73 Å². The van der Waals surface area contributed by atoms with Gasteiger partial charge in [0, 0.05) is 9.75 Å². The first kappa shape index (κ1) is 14.3. The van der Waals surface area contributed by atoms with Gasteiger partial charge in [-0.05, 0) is 49.4 Å². The second-order valence-corrected chi connectivity index (χ2v) is 6.50. The molecule has 0 aliphatic heterocycles. The standard InChI is InChI=1S/C17H23NS/c1-4-5-6-14-7-9-15(10-8-14)17(18)16-11-12(2)13(3)19-16/h7-11,17H,4-6,18H2,1-3H3. The van der Waals surface area contributed by atoms with Crippen molar-refractivity contribution in [2.45, 2.75) is 46.1 Å². The molecule has 1 atom stereocenters. The second kappa shape index (κ2) is 6.36. The minimum atomic E-state index is 0.0117. The Morgan fingerprint density at radius 2 is 1.84 bits per heavy atom. The van der Waals surface area contributed by atoms with Gasteiger partial charge in [0.25, 0.3) is 0 Å². The fourth-order valence-electron chi connectivity index (χ4n) is 2.19. The molecule has 1 unspecified atom stereocenters. The molecule has 2 N–H and O–H groups in total. The molecule has 0 spiro atoms. The third-order valence-electron chi connectivity index (χ3n) is 3.65. The lowest BCUT2D eigenvalue weighted by atomic mass is 10.0. The maximum Gasteiger partial charge on any atom is 0.0646 e. The van der Waals surface area contributed by atoms with E-state index >= 15 is 0 Å². The molecule has 2 aromatic rings. The van der Waals surface area contributed by atoms with Crippen LogP contribution in [0.4, 0.5) is 0 Å². The van der Waals surface area contributed by atoms with Gasteiger partial charge in [-0.2, -0.15) is 0 Å². The first-order valence-electron chi connectivity index (χ1n) is 7.03. The summed E-state index contributed by atoms with van der Waals surface area (Å²) in [5, 5.41) is 0. The Hall–Kier alpha value is -1.12. The quantitative estimate of drug-likeness (QED) is 0.835. The van der Waals surface area contributed by atoms with Gasteiger partial charge in [0.2, 0.25) is 0 Å². The van der Waals surface area contributed by atoms with Gasteiger partial charge in [0.15, 0.2) is 0 Å². The summed E-state index contributed by atoms with van der Waals surface area (Å²) in [6.45, 7) is 6.53. The van der Waals surface area contributed by atoms with Gasteiger partial charge >= 0.3 is 0 Å². The predicted molar refractivity (Wildman–Crippen MR) is 84.9 cm³/mol. The highest BCUT2D eigenvalue weighted by atomic mass is 32.1. The third-order valence-corrected chi connectivity index (χ3v) is 4.89. The van der Waals surface area contributed by atoms with Crippen molar-refractivity contribution < 1.29 is 0 Å². The number of rotatable bonds is 5. The van der Waals surface area contributed by atoms with Crippen LogP contribution in [0.1, 0.15) is 52.3 Å². The van der Waals surface area contributed by atoms with E-state index in [1.54, 1.807) is 0 Å². The van der Waals surface area contributed by atoms with Crippen molar-refractivity contribution in [3.63, 3.8) is 0 Å². The van der Waals surface area contributed by atoms with Crippen LogP contribution in [0.3, 0.4) is 0 Å². The number of aryl methyl sites for hydroxylation is 3. The molecular weight excluding hydrogens is 250 g/mol. The van der Waals surface area contributed by atoms with E-state index in [4.69, 9.17) is 5.73 Å². The maximum atomic E-state index is 6.36. The van der Waals surface area contributed by atoms with E-state index < -0.39 is 0 Å². The average molecular weight is 273 g/mol. The molecule has 0 amide bonds.